The molecule has 3 aromatic rings. The summed E-state index contributed by atoms with van der Waals surface area (Å²) in [4.78, 5) is 33.3. The highest BCUT2D eigenvalue weighted by Gasteiger charge is 2.64. The van der Waals surface area contributed by atoms with Gasteiger partial charge in [-0.25, -0.2) is 9.50 Å². The van der Waals surface area contributed by atoms with Gasteiger partial charge in [-0.05, 0) is 51.1 Å². The number of hydrogen-bond acceptors (Lipinski definition) is 6. The predicted octanol–water partition coefficient (Wildman–Crippen LogP) is 2.97. The van der Waals surface area contributed by atoms with Crippen LogP contribution >= 0.6 is 0 Å². The van der Waals surface area contributed by atoms with Gasteiger partial charge in [-0.1, -0.05) is 0 Å². The summed E-state index contributed by atoms with van der Waals surface area (Å²) in [5, 5.41) is 4.35. The zero-order chi connectivity index (χ0) is 24.2. The molecule has 176 valence electrons. The van der Waals surface area contributed by atoms with Gasteiger partial charge in [-0.2, -0.15) is 13.2 Å². The number of halogens is 3. The Kier molecular flexibility index (Phi) is 4.05. The highest BCUT2D eigenvalue weighted by Crippen LogP contribution is 2.51. The first-order valence-electron chi connectivity index (χ1n) is 10.5. The van der Waals surface area contributed by atoms with Crippen LogP contribution in [0, 0.1) is 6.92 Å². The molecule has 3 aliphatic rings. The largest absolute Gasteiger partial charge is 0.418 e. The molecule has 9 nitrogen and oxygen atoms in total. The first-order valence-corrected chi connectivity index (χ1v) is 10.5. The van der Waals surface area contributed by atoms with E-state index in [9.17, 15) is 22.8 Å². The monoisotopic (exact) mass is 473 g/mol. The summed E-state index contributed by atoms with van der Waals surface area (Å²) in [6.45, 7) is 4.61. The van der Waals surface area contributed by atoms with Crippen LogP contribution in [0.25, 0.3) is 5.52 Å². The fraction of sp³-hybridized carbons (Fsp3) is 0.364. The highest BCUT2D eigenvalue weighted by atomic mass is 19.4. The number of aryl methyl sites for hydroxylation is 1. The second kappa shape index (κ2) is 6.54. The van der Waals surface area contributed by atoms with E-state index in [1.807, 2.05) is 0 Å². The van der Waals surface area contributed by atoms with Crippen molar-refractivity contribution in [2.75, 3.05) is 9.80 Å². The van der Waals surface area contributed by atoms with Crippen LogP contribution in [0.3, 0.4) is 0 Å². The number of hydrogen-bond donors (Lipinski definition) is 0. The minimum absolute atomic E-state index is 0.0416. The summed E-state index contributed by atoms with van der Waals surface area (Å²) in [6.07, 6.45) is -5.37. The lowest BCUT2D eigenvalue weighted by Crippen LogP contribution is -2.55. The SMILES string of the molecule is Cc1cc(C(F)(F)F)c2c(n1)N1C(=O)[C@H]3OC(C)(C)O[C@H]3[C@H]1C(=O)N2c1ccc2cccn2n1. The number of ether oxygens (including phenoxy) is 2. The van der Waals surface area contributed by atoms with Crippen molar-refractivity contribution in [3.05, 3.63) is 47.8 Å². The number of pyridine rings is 1. The number of alkyl halides is 3. The Bertz CT molecular complexity index is 1380. The molecule has 0 aliphatic carbocycles. The number of anilines is 3. The molecular formula is C22H18F3N5O4. The molecule has 0 bridgehead atoms. The van der Waals surface area contributed by atoms with Crippen LogP contribution < -0.4 is 9.80 Å². The first kappa shape index (κ1) is 21.1. The fourth-order valence-electron chi connectivity index (χ4n) is 4.88. The lowest BCUT2D eigenvalue weighted by atomic mass is 10.0. The van der Waals surface area contributed by atoms with Gasteiger partial charge in [0.15, 0.2) is 23.5 Å². The van der Waals surface area contributed by atoms with Crippen molar-refractivity contribution in [3.63, 3.8) is 0 Å². The molecule has 3 aromatic heterocycles. The molecule has 2 saturated heterocycles. The van der Waals surface area contributed by atoms with Crippen LogP contribution in [0.15, 0.2) is 36.5 Å². The molecule has 3 aliphatic heterocycles. The summed E-state index contributed by atoms with van der Waals surface area (Å²) in [5.74, 6) is -2.92. The second-order valence-electron chi connectivity index (χ2n) is 8.90. The summed E-state index contributed by atoms with van der Waals surface area (Å²) < 4.78 is 55.6. The third-order valence-electron chi connectivity index (χ3n) is 6.13. The molecular weight excluding hydrogens is 455 g/mol. The number of nitrogens with zero attached hydrogens (tertiary/aromatic N) is 5. The number of carbonyl (C=O) groups excluding carboxylic acids is 2. The molecule has 0 unspecified atom stereocenters. The predicted molar refractivity (Wildman–Crippen MR) is 111 cm³/mol. The summed E-state index contributed by atoms with van der Waals surface area (Å²) in [6, 6.07) is 6.17. The number of fused-ring (bicyclic) bond motifs is 6. The molecule has 0 saturated carbocycles. The molecule has 6 heterocycles. The van der Waals surface area contributed by atoms with Crippen LogP contribution in [-0.4, -0.2) is 50.4 Å². The van der Waals surface area contributed by atoms with Crippen molar-refractivity contribution >= 4 is 34.7 Å². The molecule has 0 spiro atoms. The van der Waals surface area contributed by atoms with E-state index in [2.05, 4.69) is 10.1 Å². The van der Waals surface area contributed by atoms with E-state index in [-0.39, 0.29) is 17.3 Å². The van der Waals surface area contributed by atoms with Crippen molar-refractivity contribution in [1.82, 2.24) is 14.6 Å². The molecule has 3 atom stereocenters. The fourth-order valence-corrected chi connectivity index (χ4v) is 4.88. The standard InChI is InChI=1S/C22H18F3N5O4/c1-10-9-12(22(23,24)25)14-18(26-10)30-15(16-17(20(30)32)34-21(2,3)33-16)19(31)29(14)13-7-6-11-5-4-8-28(11)27-13/h4-9,15-17H,1-3H3/t15-,16-,17-/m0/s1. The van der Waals surface area contributed by atoms with Gasteiger partial charge in [0.25, 0.3) is 11.8 Å². The Hall–Kier alpha value is -3.51. The van der Waals surface area contributed by atoms with Gasteiger partial charge in [0.1, 0.15) is 17.8 Å². The van der Waals surface area contributed by atoms with E-state index in [0.29, 0.717) is 5.52 Å². The Morgan fingerprint density at radius 1 is 1.09 bits per heavy atom. The number of carbonyl (C=O) groups is 2. The number of rotatable bonds is 1. The van der Waals surface area contributed by atoms with Crippen molar-refractivity contribution in [2.45, 2.75) is 51.0 Å². The number of amides is 2. The maximum absolute atomic E-state index is 14.2. The minimum atomic E-state index is -4.83. The lowest BCUT2D eigenvalue weighted by Gasteiger charge is -2.39. The molecule has 0 radical (unpaired) electrons. The molecule has 0 aromatic carbocycles. The maximum atomic E-state index is 14.2. The normalized spacial score (nSPS) is 25.6. The van der Waals surface area contributed by atoms with Gasteiger partial charge < -0.3 is 9.47 Å². The highest BCUT2D eigenvalue weighted by molar-refractivity contribution is 6.19. The van der Waals surface area contributed by atoms with Crippen molar-refractivity contribution in [1.29, 1.82) is 0 Å². The van der Waals surface area contributed by atoms with E-state index < -0.39 is 53.3 Å². The van der Waals surface area contributed by atoms with Crippen LogP contribution in [0.2, 0.25) is 0 Å². The van der Waals surface area contributed by atoms with E-state index in [1.54, 1.807) is 38.2 Å². The number of aromatic nitrogens is 3. The van der Waals surface area contributed by atoms with Gasteiger partial charge in [0, 0.05) is 11.9 Å². The Morgan fingerprint density at radius 2 is 1.85 bits per heavy atom. The summed E-state index contributed by atoms with van der Waals surface area (Å²) in [5.41, 5.74) is -0.910. The van der Waals surface area contributed by atoms with E-state index in [0.717, 1.165) is 15.9 Å². The van der Waals surface area contributed by atoms with Crippen molar-refractivity contribution in [3.8, 4) is 0 Å². The van der Waals surface area contributed by atoms with Crippen LogP contribution in [0.1, 0.15) is 25.1 Å². The van der Waals surface area contributed by atoms with Gasteiger partial charge in [0.05, 0.1) is 11.1 Å². The molecule has 6 rings (SSSR count). The van der Waals surface area contributed by atoms with Crippen LogP contribution in [0.4, 0.5) is 30.5 Å². The van der Waals surface area contributed by atoms with Crippen LogP contribution in [-0.2, 0) is 25.2 Å². The van der Waals surface area contributed by atoms with Gasteiger partial charge >= 0.3 is 6.18 Å². The Labute approximate surface area is 190 Å². The van der Waals surface area contributed by atoms with Gasteiger partial charge in [0.2, 0.25) is 0 Å². The Balaban J connectivity index is 1.63. The smallest absolute Gasteiger partial charge is 0.341 e. The third-order valence-corrected chi connectivity index (χ3v) is 6.13. The summed E-state index contributed by atoms with van der Waals surface area (Å²) >= 11 is 0. The molecule has 2 fully saturated rings. The topological polar surface area (TPSA) is 89.3 Å². The van der Waals surface area contributed by atoms with Crippen LogP contribution in [0.5, 0.6) is 0 Å². The first-order chi connectivity index (χ1) is 16.0. The van der Waals surface area contributed by atoms with E-state index in [1.165, 1.54) is 17.5 Å². The minimum Gasteiger partial charge on any atom is -0.341 e. The average Bonchev–Trinajstić information content (AvgIpc) is 3.40. The maximum Gasteiger partial charge on any atom is 0.418 e. The van der Waals surface area contributed by atoms with E-state index in [4.69, 9.17) is 9.47 Å². The van der Waals surface area contributed by atoms with Gasteiger partial charge in [-0.3, -0.25) is 19.4 Å². The van der Waals surface area contributed by atoms with Crippen molar-refractivity contribution < 1.29 is 32.2 Å². The van der Waals surface area contributed by atoms with Gasteiger partial charge in [-0.15, -0.1) is 5.10 Å². The quantitative estimate of drug-likeness (QED) is 0.540. The zero-order valence-electron chi connectivity index (χ0n) is 18.2. The molecule has 12 heteroatoms. The molecule has 0 N–H and O–H groups in total. The van der Waals surface area contributed by atoms with E-state index >= 15 is 0 Å². The second-order valence-corrected chi connectivity index (χ2v) is 8.90. The average molecular weight is 473 g/mol. The molecule has 2 amide bonds. The van der Waals surface area contributed by atoms with Crippen molar-refractivity contribution in [2.24, 2.45) is 0 Å². The summed E-state index contributed by atoms with van der Waals surface area (Å²) in [7, 11) is 0. The Morgan fingerprint density at radius 3 is 2.59 bits per heavy atom. The third kappa shape index (κ3) is 2.81. The lowest BCUT2D eigenvalue weighted by molar-refractivity contribution is -0.161. The zero-order valence-corrected chi connectivity index (χ0v) is 18.2. The molecule has 34 heavy (non-hydrogen) atoms.